The van der Waals surface area contributed by atoms with Crippen LogP contribution in [0.2, 0.25) is 0 Å². The van der Waals surface area contributed by atoms with Gasteiger partial charge < -0.3 is 13.9 Å². The Labute approximate surface area is 157 Å². The van der Waals surface area contributed by atoms with Crippen LogP contribution in [0.1, 0.15) is 28.1 Å². The second-order valence-electron chi connectivity index (χ2n) is 6.19. The second kappa shape index (κ2) is 6.49. The summed E-state index contributed by atoms with van der Waals surface area (Å²) in [4.78, 5) is 26.5. The third-order valence-corrected chi connectivity index (χ3v) is 4.40. The van der Waals surface area contributed by atoms with Gasteiger partial charge in [0.25, 0.3) is 5.91 Å². The Kier molecular flexibility index (Phi) is 4.11. The van der Waals surface area contributed by atoms with Crippen LogP contribution in [0.3, 0.4) is 0 Å². The molecule has 1 unspecified atom stereocenters. The minimum atomic E-state index is -1.25. The molecule has 0 spiro atoms. The van der Waals surface area contributed by atoms with Crippen molar-refractivity contribution in [1.82, 2.24) is 0 Å². The quantitative estimate of drug-likeness (QED) is 0.679. The lowest BCUT2D eigenvalue weighted by atomic mass is 9.99. The fraction of sp³-hybridized carbons (Fsp3) is 0.100. The summed E-state index contributed by atoms with van der Waals surface area (Å²) in [7, 11) is 0. The Hall–Kier alpha value is -3.68. The van der Waals surface area contributed by atoms with Crippen LogP contribution < -0.4 is 4.90 Å². The van der Waals surface area contributed by atoms with Crippen molar-refractivity contribution in [3.63, 3.8) is 0 Å². The first-order valence-electron chi connectivity index (χ1n) is 8.24. The SMILES string of the molecule is Cc1ccc(C2C(C(=O)c3ccco3)=C(O)C(=O)N2c2ccc(F)cc2F)o1. The van der Waals surface area contributed by atoms with Gasteiger partial charge in [-0.3, -0.25) is 14.5 Å². The highest BCUT2D eigenvalue weighted by molar-refractivity contribution is 6.20. The number of ketones is 1. The monoisotopic (exact) mass is 385 g/mol. The van der Waals surface area contributed by atoms with Crippen molar-refractivity contribution in [2.24, 2.45) is 0 Å². The Morgan fingerprint density at radius 1 is 1.18 bits per heavy atom. The van der Waals surface area contributed by atoms with E-state index in [-0.39, 0.29) is 22.8 Å². The lowest BCUT2D eigenvalue weighted by Gasteiger charge is -2.25. The highest BCUT2D eigenvalue weighted by Gasteiger charge is 2.47. The summed E-state index contributed by atoms with van der Waals surface area (Å²) < 4.78 is 38.4. The average molecular weight is 385 g/mol. The van der Waals surface area contributed by atoms with E-state index in [1.54, 1.807) is 13.0 Å². The molecule has 142 valence electrons. The largest absolute Gasteiger partial charge is 0.503 e. The van der Waals surface area contributed by atoms with E-state index < -0.39 is 35.1 Å². The van der Waals surface area contributed by atoms with Crippen molar-refractivity contribution in [2.45, 2.75) is 13.0 Å². The Morgan fingerprint density at radius 2 is 1.96 bits per heavy atom. The molecule has 0 bridgehead atoms. The summed E-state index contributed by atoms with van der Waals surface area (Å²) in [6.45, 7) is 1.65. The molecular formula is C20H13F2NO5. The molecule has 28 heavy (non-hydrogen) atoms. The molecule has 0 saturated carbocycles. The smallest absolute Gasteiger partial charge is 0.294 e. The van der Waals surface area contributed by atoms with E-state index in [0.29, 0.717) is 11.8 Å². The number of carbonyl (C=O) groups is 2. The van der Waals surface area contributed by atoms with E-state index in [4.69, 9.17) is 8.83 Å². The third-order valence-electron chi connectivity index (χ3n) is 4.40. The summed E-state index contributed by atoms with van der Waals surface area (Å²) in [5, 5.41) is 10.4. The highest BCUT2D eigenvalue weighted by atomic mass is 19.1. The zero-order valence-corrected chi connectivity index (χ0v) is 14.5. The summed E-state index contributed by atoms with van der Waals surface area (Å²) in [6, 6.07) is 7.34. The summed E-state index contributed by atoms with van der Waals surface area (Å²) >= 11 is 0. The number of aliphatic hydroxyl groups excluding tert-OH is 1. The van der Waals surface area contributed by atoms with Crippen LogP contribution in [0, 0.1) is 18.6 Å². The van der Waals surface area contributed by atoms with E-state index >= 15 is 0 Å². The van der Waals surface area contributed by atoms with Gasteiger partial charge in [0.1, 0.15) is 29.2 Å². The van der Waals surface area contributed by atoms with Gasteiger partial charge in [0.2, 0.25) is 5.78 Å². The van der Waals surface area contributed by atoms with Crippen LogP contribution in [0.25, 0.3) is 0 Å². The molecule has 1 amide bonds. The molecule has 0 aliphatic carbocycles. The standard InChI is InChI=1S/C20H13F2NO5/c1-10-4-7-14(28-10)17-16(18(24)15-3-2-8-27-15)19(25)20(26)23(17)13-6-5-11(21)9-12(13)22/h2-9,17,25H,1H3. The number of aliphatic hydroxyl groups is 1. The van der Waals surface area contributed by atoms with Gasteiger partial charge in [-0.2, -0.15) is 0 Å². The number of amides is 1. The maximum atomic E-state index is 14.4. The minimum absolute atomic E-state index is 0.107. The first-order valence-corrected chi connectivity index (χ1v) is 8.24. The summed E-state index contributed by atoms with van der Waals surface area (Å²) in [5.74, 6) is -3.97. The predicted octanol–water partition coefficient (Wildman–Crippen LogP) is 4.24. The fourth-order valence-electron chi connectivity index (χ4n) is 3.17. The number of hydrogen-bond acceptors (Lipinski definition) is 5. The van der Waals surface area contributed by atoms with Gasteiger partial charge in [-0.1, -0.05) is 0 Å². The molecule has 3 heterocycles. The molecule has 0 radical (unpaired) electrons. The molecule has 4 rings (SSSR count). The highest BCUT2D eigenvalue weighted by Crippen LogP contribution is 2.43. The molecule has 1 atom stereocenters. The van der Waals surface area contributed by atoms with Crippen LogP contribution in [0.5, 0.6) is 0 Å². The van der Waals surface area contributed by atoms with Crippen LogP contribution >= 0.6 is 0 Å². The van der Waals surface area contributed by atoms with Crippen molar-refractivity contribution >= 4 is 17.4 Å². The van der Waals surface area contributed by atoms with E-state index in [0.717, 1.165) is 17.0 Å². The minimum Gasteiger partial charge on any atom is -0.503 e. The van der Waals surface area contributed by atoms with Gasteiger partial charge in [0, 0.05) is 6.07 Å². The van der Waals surface area contributed by atoms with Gasteiger partial charge in [-0.25, -0.2) is 8.78 Å². The molecule has 8 heteroatoms. The third kappa shape index (κ3) is 2.70. The molecule has 1 N–H and O–H groups in total. The number of nitrogens with zero attached hydrogens (tertiary/aromatic N) is 1. The van der Waals surface area contributed by atoms with Gasteiger partial charge in [0.05, 0.1) is 17.5 Å². The number of Topliss-reactive ketones (excluding diaryl/α,β-unsaturated/α-hetero) is 1. The number of anilines is 1. The van der Waals surface area contributed by atoms with Crippen molar-refractivity contribution in [1.29, 1.82) is 0 Å². The van der Waals surface area contributed by atoms with E-state index in [9.17, 15) is 23.5 Å². The molecule has 0 saturated heterocycles. The van der Waals surface area contributed by atoms with Crippen LogP contribution in [-0.2, 0) is 4.79 Å². The Morgan fingerprint density at radius 3 is 2.57 bits per heavy atom. The number of rotatable bonds is 4. The molecule has 1 aliphatic rings. The number of carbonyl (C=O) groups excluding carboxylic acids is 2. The number of hydrogen-bond donors (Lipinski definition) is 1. The zero-order chi connectivity index (χ0) is 20.0. The number of halogens is 2. The Bertz CT molecular complexity index is 1110. The van der Waals surface area contributed by atoms with Gasteiger partial charge >= 0.3 is 0 Å². The first kappa shape index (κ1) is 17.7. The molecule has 1 aliphatic heterocycles. The maximum absolute atomic E-state index is 14.4. The number of aryl methyl sites for hydroxylation is 1. The fourth-order valence-corrected chi connectivity index (χ4v) is 3.17. The van der Waals surface area contributed by atoms with Crippen molar-refractivity contribution < 1.29 is 32.3 Å². The molecule has 3 aromatic rings. The molecule has 0 fully saturated rings. The zero-order valence-electron chi connectivity index (χ0n) is 14.5. The van der Waals surface area contributed by atoms with E-state index in [1.807, 2.05) is 0 Å². The van der Waals surface area contributed by atoms with Crippen molar-refractivity contribution in [2.75, 3.05) is 4.90 Å². The average Bonchev–Trinajstić information content (AvgIpc) is 3.37. The van der Waals surface area contributed by atoms with Gasteiger partial charge in [-0.05, 0) is 43.3 Å². The Balaban J connectivity index is 1.90. The van der Waals surface area contributed by atoms with Crippen molar-refractivity contribution in [3.05, 3.63) is 89.0 Å². The predicted molar refractivity (Wildman–Crippen MR) is 92.7 cm³/mol. The number of furan rings is 2. The topological polar surface area (TPSA) is 83.9 Å². The van der Waals surface area contributed by atoms with Crippen LogP contribution in [0.15, 0.2) is 68.9 Å². The molecule has 6 nitrogen and oxygen atoms in total. The molecule has 1 aromatic carbocycles. The van der Waals surface area contributed by atoms with Crippen LogP contribution in [0.4, 0.5) is 14.5 Å². The molecule has 2 aromatic heterocycles. The van der Waals surface area contributed by atoms with E-state index in [1.165, 1.54) is 24.5 Å². The number of benzene rings is 1. The maximum Gasteiger partial charge on any atom is 0.294 e. The first-order chi connectivity index (χ1) is 13.4. The van der Waals surface area contributed by atoms with Gasteiger partial charge in [-0.15, -0.1) is 0 Å². The normalized spacial score (nSPS) is 16.9. The summed E-state index contributed by atoms with van der Waals surface area (Å²) in [6.07, 6.45) is 1.27. The van der Waals surface area contributed by atoms with Crippen molar-refractivity contribution in [3.8, 4) is 0 Å². The second-order valence-corrected chi connectivity index (χ2v) is 6.19. The van der Waals surface area contributed by atoms with E-state index in [2.05, 4.69) is 0 Å². The lowest BCUT2D eigenvalue weighted by molar-refractivity contribution is -0.117. The summed E-state index contributed by atoms with van der Waals surface area (Å²) in [5.41, 5.74) is -0.628. The lowest BCUT2D eigenvalue weighted by Crippen LogP contribution is -2.31. The van der Waals surface area contributed by atoms with Crippen LogP contribution in [-0.4, -0.2) is 16.8 Å². The van der Waals surface area contributed by atoms with Gasteiger partial charge in [0.15, 0.2) is 11.5 Å². The molecular weight excluding hydrogens is 372 g/mol.